The Morgan fingerprint density at radius 2 is 1.79 bits per heavy atom. The Bertz CT molecular complexity index is 1130. The van der Waals surface area contributed by atoms with Gasteiger partial charge >= 0.3 is 5.97 Å². The van der Waals surface area contributed by atoms with Crippen LogP contribution in [0.1, 0.15) is 65.2 Å². The first kappa shape index (κ1) is 27.0. The highest BCUT2D eigenvalue weighted by Crippen LogP contribution is 2.62. The van der Waals surface area contributed by atoms with Crippen molar-refractivity contribution in [2.45, 2.75) is 83.5 Å². The number of Topliss-reactive ketones (excluding diaryl/α,β-unsaturated/α-hetero) is 1. The van der Waals surface area contributed by atoms with Crippen molar-refractivity contribution in [1.82, 2.24) is 9.80 Å². The number of hydrogen-bond acceptors (Lipinski definition) is 8. The Morgan fingerprint density at radius 1 is 1.08 bits per heavy atom. The molecular formula is C31H42N2O6. The van der Waals surface area contributed by atoms with E-state index in [9.17, 15) is 19.8 Å². The van der Waals surface area contributed by atoms with E-state index in [1.807, 2.05) is 13.8 Å². The molecule has 2 saturated heterocycles. The first-order valence-electron chi connectivity index (χ1n) is 14.7. The van der Waals surface area contributed by atoms with Gasteiger partial charge in [-0.15, -0.1) is 0 Å². The summed E-state index contributed by atoms with van der Waals surface area (Å²) < 4.78 is 11.5. The van der Waals surface area contributed by atoms with Crippen molar-refractivity contribution >= 4 is 11.8 Å². The Balaban J connectivity index is 1.35. The monoisotopic (exact) mass is 538 g/mol. The summed E-state index contributed by atoms with van der Waals surface area (Å²) in [5, 5.41) is 22.3. The molecule has 212 valence electrons. The summed E-state index contributed by atoms with van der Waals surface area (Å²) in [6.07, 6.45) is 12.3. The predicted molar refractivity (Wildman–Crippen MR) is 144 cm³/mol. The average Bonchev–Trinajstić information content (AvgIpc) is 3.25. The molecule has 5 atom stereocenters. The number of carbonyl (C=O) groups is 2. The van der Waals surface area contributed by atoms with Gasteiger partial charge in [0.1, 0.15) is 6.10 Å². The second-order valence-electron chi connectivity index (χ2n) is 12.8. The van der Waals surface area contributed by atoms with E-state index in [4.69, 9.17) is 9.47 Å². The van der Waals surface area contributed by atoms with Gasteiger partial charge in [0.2, 0.25) is 5.78 Å². The number of cyclic esters (lactones) is 1. The molecule has 0 aromatic carbocycles. The van der Waals surface area contributed by atoms with E-state index >= 15 is 0 Å². The summed E-state index contributed by atoms with van der Waals surface area (Å²) in [5.74, 6) is -1.56. The molecule has 0 bridgehead atoms. The third-order valence-corrected chi connectivity index (χ3v) is 10.7. The maximum absolute atomic E-state index is 13.9. The van der Waals surface area contributed by atoms with Crippen molar-refractivity contribution in [2.24, 2.45) is 16.7 Å². The number of hydrogen-bond donors (Lipinski definition) is 2. The van der Waals surface area contributed by atoms with Crippen molar-refractivity contribution in [3.63, 3.8) is 0 Å². The zero-order chi connectivity index (χ0) is 27.5. The van der Waals surface area contributed by atoms with Crippen LogP contribution in [-0.2, 0) is 19.1 Å². The number of aliphatic hydroxyl groups excluding tert-OH is 2. The third kappa shape index (κ3) is 4.12. The number of carbonyl (C=O) groups excluding carboxylic acids is 2. The van der Waals surface area contributed by atoms with Gasteiger partial charge in [0.25, 0.3) is 0 Å². The maximum atomic E-state index is 13.9. The van der Waals surface area contributed by atoms with Crippen LogP contribution in [0.5, 0.6) is 0 Å². The van der Waals surface area contributed by atoms with Gasteiger partial charge in [0.05, 0.1) is 23.7 Å². The van der Waals surface area contributed by atoms with E-state index in [1.54, 1.807) is 13.3 Å². The second-order valence-corrected chi connectivity index (χ2v) is 12.8. The summed E-state index contributed by atoms with van der Waals surface area (Å²) in [4.78, 5) is 32.0. The van der Waals surface area contributed by atoms with Crippen LogP contribution >= 0.6 is 0 Å². The topological polar surface area (TPSA) is 99.5 Å². The van der Waals surface area contributed by atoms with Gasteiger partial charge in [-0.1, -0.05) is 26.2 Å². The van der Waals surface area contributed by atoms with Crippen LogP contribution < -0.4 is 0 Å². The number of allylic oxidation sites excluding steroid dienone is 1. The molecule has 0 amide bonds. The fraction of sp³-hybridized carbons (Fsp3) is 0.710. The fourth-order valence-electron chi connectivity index (χ4n) is 8.30. The third-order valence-electron chi connectivity index (χ3n) is 10.7. The molecule has 2 heterocycles. The van der Waals surface area contributed by atoms with Gasteiger partial charge in [0, 0.05) is 68.5 Å². The molecule has 6 aliphatic rings. The Morgan fingerprint density at radius 3 is 2.49 bits per heavy atom. The van der Waals surface area contributed by atoms with Crippen LogP contribution in [0, 0.1) is 23.2 Å². The molecule has 4 fully saturated rings. The highest BCUT2D eigenvalue weighted by Gasteiger charge is 2.61. The van der Waals surface area contributed by atoms with E-state index in [0.717, 1.165) is 26.2 Å². The normalized spacial score (nSPS) is 39.1. The number of rotatable bonds is 4. The molecule has 0 aromatic rings. The van der Waals surface area contributed by atoms with Crippen molar-refractivity contribution < 1.29 is 29.3 Å². The molecule has 6 rings (SSSR count). The SMILES string of the molecule is COC[C@H]1OC(=O)/C(=C/N2CCN(C3CCCCC3)CC2)C2=C(O)C(=O)C3=C([C]C[C@@]4(C)C3CC[C@@H]4O)[C@]21C. The van der Waals surface area contributed by atoms with Crippen LogP contribution in [-0.4, -0.2) is 89.9 Å². The fourth-order valence-corrected chi connectivity index (χ4v) is 8.30. The molecule has 39 heavy (non-hydrogen) atoms. The average molecular weight is 539 g/mol. The second kappa shape index (κ2) is 10.0. The minimum Gasteiger partial charge on any atom is -0.504 e. The Hall–Kier alpha value is -2.16. The first-order chi connectivity index (χ1) is 18.7. The van der Waals surface area contributed by atoms with Crippen molar-refractivity contribution in [1.29, 1.82) is 0 Å². The molecule has 2 saturated carbocycles. The van der Waals surface area contributed by atoms with Gasteiger partial charge < -0.3 is 24.6 Å². The maximum Gasteiger partial charge on any atom is 0.340 e. The zero-order valence-electron chi connectivity index (χ0n) is 23.5. The van der Waals surface area contributed by atoms with Crippen LogP contribution in [0.15, 0.2) is 34.3 Å². The van der Waals surface area contributed by atoms with Gasteiger partial charge in [-0.3, -0.25) is 9.69 Å². The molecule has 1 unspecified atom stereocenters. The quantitative estimate of drug-likeness (QED) is 0.415. The van der Waals surface area contributed by atoms with Crippen molar-refractivity contribution in [3.05, 3.63) is 40.7 Å². The minimum absolute atomic E-state index is 0.129. The number of aliphatic hydroxyl groups is 2. The highest BCUT2D eigenvalue weighted by atomic mass is 16.6. The van der Waals surface area contributed by atoms with E-state index in [-0.39, 0.29) is 23.9 Å². The number of esters is 1. The number of methoxy groups -OCH3 is 1. The molecule has 0 spiro atoms. The summed E-state index contributed by atoms with van der Waals surface area (Å²) >= 11 is 0. The van der Waals surface area contributed by atoms with Gasteiger partial charge in [0.15, 0.2) is 5.76 Å². The van der Waals surface area contributed by atoms with E-state index in [2.05, 4.69) is 16.2 Å². The Kier molecular flexibility index (Phi) is 6.96. The molecule has 8 heteroatoms. The lowest BCUT2D eigenvalue weighted by Gasteiger charge is -2.52. The van der Waals surface area contributed by atoms with Gasteiger partial charge in [-0.2, -0.15) is 0 Å². The molecule has 4 aliphatic carbocycles. The minimum atomic E-state index is -0.984. The van der Waals surface area contributed by atoms with E-state index in [1.165, 1.54) is 32.1 Å². The lowest BCUT2D eigenvalue weighted by molar-refractivity contribution is -0.156. The highest BCUT2D eigenvalue weighted by molar-refractivity contribution is 6.13. The smallest absolute Gasteiger partial charge is 0.340 e. The number of nitrogens with zero attached hydrogens (tertiary/aromatic N) is 2. The zero-order valence-corrected chi connectivity index (χ0v) is 23.5. The van der Waals surface area contributed by atoms with E-state index < -0.39 is 34.8 Å². The standard InChI is InChI=1S/C31H42N2O6/c1-30-12-11-22-25(21(30)9-10-23(30)34)27(35)28(36)26-20(29(37)39-24(18-38-3)31(22,26)2)17-32-13-15-33(16-14-32)19-7-5-4-6-8-19/h17,19,21,23-24,34,36H,4-10,12-16,18H2,1-3H3/b20-17+/t21?,23-,24+,30-,31-/m0/s1. The molecule has 8 nitrogen and oxygen atoms in total. The van der Waals surface area contributed by atoms with Crippen LogP contribution in [0.3, 0.4) is 0 Å². The van der Waals surface area contributed by atoms with Crippen LogP contribution in [0.25, 0.3) is 0 Å². The van der Waals surface area contributed by atoms with Crippen LogP contribution in [0.2, 0.25) is 0 Å². The molecule has 0 aromatic heterocycles. The largest absolute Gasteiger partial charge is 0.504 e. The van der Waals surface area contributed by atoms with Crippen molar-refractivity contribution in [2.75, 3.05) is 39.9 Å². The molecule has 2 aliphatic heterocycles. The summed E-state index contributed by atoms with van der Waals surface area (Å²) in [6.45, 7) is 7.47. The summed E-state index contributed by atoms with van der Waals surface area (Å²) in [6, 6.07) is 0.650. The lowest BCUT2D eigenvalue weighted by Crippen LogP contribution is -2.54. The number of piperazine rings is 1. The number of fused-ring (bicyclic) bond motifs is 4. The molecule has 2 radical (unpaired) electrons. The summed E-state index contributed by atoms with van der Waals surface area (Å²) in [7, 11) is 1.56. The molecule has 2 N–H and O–H groups in total. The predicted octanol–water partition coefficient (Wildman–Crippen LogP) is 3.35. The number of ether oxygens (including phenoxy) is 2. The van der Waals surface area contributed by atoms with Crippen LogP contribution in [0.4, 0.5) is 0 Å². The first-order valence-corrected chi connectivity index (χ1v) is 14.7. The lowest BCUT2D eigenvalue weighted by atomic mass is 9.54. The van der Waals surface area contributed by atoms with Crippen molar-refractivity contribution in [3.8, 4) is 0 Å². The van der Waals surface area contributed by atoms with E-state index in [0.29, 0.717) is 42.0 Å². The van der Waals surface area contributed by atoms with Gasteiger partial charge in [-0.25, -0.2) is 4.79 Å². The Labute approximate surface area is 231 Å². The molecular weight excluding hydrogens is 496 g/mol. The van der Waals surface area contributed by atoms with Gasteiger partial charge in [-0.05, 0) is 50.5 Å². The summed E-state index contributed by atoms with van der Waals surface area (Å²) in [5.41, 5.74) is 0.301. The number of ketones is 1.